The van der Waals surface area contributed by atoms with Crippen molar-refractivity contribution in [1.82, 2.24) is 10.2 Å². The summed E-state index contributed by atoms with van der Waals surface area (Å²) in [6.07, 6.45) is 2.27. The predicted octanol–water partition coefficient (Wildman–Crippen LogP) is 2.13. The maximum Gasteiger partial charge on any atom is 0.126 e. The topological polar surface area (TPSA) is 33.7 Å². The first kappa shape index (κ1) is 14.8. The van der Waals surface area contributed by atoms with Gasteiger partial charge in [-0.3, -0.25) is 4.90 Å². The number of nitrogens with zero attached hydrogens (tertiary/aromatic N) is 1. The van der Waals surface area contributed by atoms with E-state index in [2.05, 4.69) is 35.3 Å². The van der Waals surface area contributed by atoms with Crippen molar-refractivity contribution in [1.29, 1.82) is 0 Å². The summed E-state index contributed by atoms with van der Waals surface area (Å²) in [5.74, 6) is 1.10. The van der Waals surface area contributed by atoms with Gasteiger partial charge in [0.1, 0.15) is 5.75 Å². The van der Waals surface area contributed by atoms with Crippen LogP contribution in [0.15, 0.2) is 18.2 Å². The fourth-order valence-corrected chi connectivity index (χ4v) is 3.20. The second kappa shape index (κ2) is 7.25. The number of nitrogens with one attached hydrogen (secondary N) is 1. The highest BCUT2D eigenvalue weighted by molar-refractivity contribution is 5.43. The standard InChI is InChI=1S/C17H26N2O2/c1-14-4-2-5-15-16(6-3-11-21-17(14)15)18-7-8-19-9-12-20-13-10-19/h2,4-5,16,18H,3,6-13H2,1H3. The van der Waals surface area contributed by atoms with Gasteiger partial charge in [-0.2, -0.15) is 0 Å². The van der Waals surface area contributed by atoms with Crippen LogP contribution in [0.1, 0.15) is 30.0 Å². The summed E-state index contributed by atoms with van der Waals surface area (Å²) in [7, 11) is 0. The van der Waals surface area contributed by atoms with Crippen LogP contribution in [-0.2, 0) is 4.74 Å². The number of morpholine rings is 1. The monoisotopic (exact) mass is 290 g/mol. The van der Waals surface area contributed by atoms with Crippen LogP contribution in [-0.4, -0.2) is 50.9 Å². The summed E-state index contributed by atoms with van der Waals surface area (Å²) in [6, 6.07) is 6.90. The third kappa shape index (κ3) is 3.76. The van der Waals surface area contributed by atoms with Crippen LogP contribution in [0, 0.1) is 6.92 Å². The molecule has 4 heteroatoms. The Morgan fingerprint density at radius 3 is 2.95 bits per heavy atom. The van der Waals surface area contributed by atoms with Crippen LogP contribution in [0.4, 0.5) is 0 Å². The van der Waals surface area contributed by atoms with Gasteiger partial charge in [-0.05, 0) is 25.3 Å². The minimum absolute atomic E-state index is 0.420. The molecule has 0 radical (unpaired) electrons. The van der Waals surface area contributed by atoms with Gasteiger partial charge >= 0.3 is 0 Å². The zero-order valence-corrected chi connectivity index (χ0v) is 12.9. The maximum absolute atomic E-state index is 5.94. The molecule has 1 unspecified atom stereocenters. The molecule has 2 aliphatic heterocycles. The van der Waals surface area contributed by atoms with Crippen LogP contribution in [0.5, 0.6) is 5.75 Å². The van der Waals surface area contributed by atoms with E-state index >= 15 is 0 Å². The maximum atomic E-state index is 5.94. The quantitative estimate of drug-likeness (QED) is 0.921. The van der Waals surface area contributed by atoms with E-state index in [1.54, 1.807) is 0 Å². The highest BCUT2D eigenvalue weighted by Crippen LogP contribution is 2.33. The third-order valence-electron chi connectivity index (χ3n) is 4.42. The Hall–Kier alpha value is -1.10. The molecule has 1 aromatic rings. The van der Waals surface area contributed by atoms with Crippen molar-refractivity contribution < 1.29 is 9.47 Å². The van der Waals surface area contributed by atoms with Gasteiger partial charge in [0.25, 0.3) is 0 Å². The zero-order valence-electron chi connectivity index (χ0n) is 12.9. The number of ether oxygens (including phenoxy) is 2. The van der Waals surface area contributed by atoms with Gasteiger partial charge in [0.15, 0.2) is 0 Å². The van der Waals surface area contributed by atoms with Crippen molar-refractivity contribution in [3.8, 4) is 5.75 Å². The van der Waals surface area contributed by atoms with E-state index in [4.69, 9.17) is 9.47 Å². The lowest BCUT2D eigenvalue weighted by Gasteiger charge is -2.27. The van der Waals surface area contributed by atoms with Crippen LogP contribution in [0.25, 0.3) is 0 Å². The SMILES string of the molecule is Cc1cccc2c1OCCCC2NCCN1CCOCC1. The average Bonchev–Trinajstić information content (AvgIpc) is 2.72. The van der Waals surface area contributed by atoms with Crippen LogP contribution in [0.2, 0.25) is 0 Å². The molecular weight excluding hydrogens is 264 g/mol. The summed E-state index contributed by atoms with van der Waals surface area (Å²) in [5, 5.41) is 3.73. The number of hydrogen-bond acceptors (Lipinski definition) is 4. The van der Waals surface area contributed by atoms with E-state index in [0.29, 0.717) is 6.04 Å². The summed E-state index contributed by atoms with van der Waals surface area (Å²) in [4.78, 5) is 2.47. The van der Waals surface area contributed by atoms with Crippen molar-refractivity contribution in [2.45, 2.75) is 25.8 Å². The lowest BCUT2D eigenvalue weighted by Crippen LogP contribution is -2.40. The number of rotatable bonds is 4. The molecule has 1 N–H and O–H groups in total. The second-order valence-electron chi connectivity index (χ2n) is 5.94. The Morgan fingerprint density at radius 1 is 1.24 bits per heavy atom. The van der Waals surface area contributed by atoms with Gasteiger partial charge in [0.2, 0.25) is 0 Å². The summed E-state index contributed by atoms with van der Waals surface area (Å²) in [5.41, 5.74) is 2.57. The third-order valence-corrected chi connectivity index (χ3v) is 4.42. The number of fused-ring (bicyclic) bond motifs is 1. The van der Waals surface area contributed by atoms with Crippen molar-refractivity contribution in [3.05, 3.63) is 29.3 Å². The van der Waals surface area contributed by atoms with Gasteiger partial charge in [-0.25, -0.2) is 0 Å². The van der Waals surface area contributed by atoms with E-state index in [1.165, 1.54) is 11.1 Å². The summed E-state index contributed by atoms with van der Waals surface area (Å²) < 4.78 is 11.3. The van der Waals surface area contributed by atoms with Crippen LogP contribution >= 0.6 is 0 Å². The number of aryl methyl sites for hydroxylation is 1. The van der Waals surface area contributed by atoms with Gasteiger partial charge in [-0.15, -0.1) is 0 Å². The first-order valence-corrected chi connectivity index (χ1v) is 8.10. The lowest BCUT2D eigenvalue weighted by molar-refractivity contribution is 0.0381. The molecule has 0 amide bonds. The molecule has 1 aromatic carbocycles. The molecule has 0 aliphatic carbocycles. The molecular formula is C17H26N2O2. The fraction of sp³-hybridized carbons (Fsp3) is 0.647. The van der Waals surface area contributed by atoms with E-state index in [9.17, 15) is 0 Å². The Labute approximate surface area is 127 Å². The van der Waals surface area contributed by atoms with E-state index in [0.717, 1.165) is 64.6 Å². The van der Waals surface area contributed by atoms with Crippen LogP contribution in [0.3, 0.4) is 0 Å². The summed E-state index contributed by atoms with van der Waals surface area (Å²) in [6.45, 7) is 8.96. The molecule has 0 bridgehead atoms. The molecule has 2 heterocycles. The molecule has 0 aromatic heterocycles. The summed E-state index contributed by atoms with van der Waals surface area (Å²) >= 11 is 0. The molecule has 21 heavy (non-hydrogen) atoms. The Balaban J connectivity index is 1.59. The Morgan fingerprint density at radius 2 is 2.10 bits per heavy atom. The van der Waals surface area contributed by atoms with E-state index in [-0.39, 0.29) is 0 Å². The lowest BCUT2D eigenvalue weighted by atomic mass is 10.00. The molecule has 2 aliphatic rings. The molecule has 1 fully saturated rings. The van der Waals surface area contributed by atoms with Gasteiger partial charge in [-0.1, -0.05) is 18.2 Å². The van der Waals surface area contributed by atoms with Crippen molar-refractivity contribution in [2.75, 3.05) is 46.0 Å². The Kier molecular flexibility index (Phi) is 5.12. The van der Waals surface area contributed by atoms with Crippen molar-refractivity contribution in [3.63, 3.8) is 0 Å². The highest BCUT2D eigenvalue weighted by Gasteiger charge is 2.20. The molecule has 1 saturated heterocycles. The first-order chi connectivity index (χ1) is 10.3. The van der Waals surface area contributed by atoms with Gasteiger partial charge < -0.3 is 14.8 Å². The average molecular weight is 290 g/mol. The number of para-hydroxylation sites is 1. The minimum atomic E-state index is 0.420. The largest absolute Gasteiger partial charge is 0.493 e. The molecule has 0 spiro atoms. The number of benzene rings is 1. The fourth-order valence-electron chi connectivity index (χ4n) is 3.20. The van der Waals surface area contributed by atoms with E-state index in [1.807, 2.05) is 0 Å². The highest BCUT2D eigenvalue weighted by atomic mass is 16.5. The normalized spacial score (nSPS) is 23.2. The van der Waals surface area contributed by atoms with Crippen molar-refractivity contribution >= 4 is 0 Å². The smallest absolute Gasteiger partial charge is 0.126 e. The Bertz CT molecular complexity index is 458. The predicted molar refractivity (Wildman–Crippen MR) is 83.9 cm³/mol. The van der Waals surface area contributed by atoms with Crippen LogP contribution < -0.4 is 10.1 Å². The molecule has 1 atom stereocenters. The van der Waals surface area contributed by atoms with Crippen molar-refractivity contribution in [2.24, 2.45) is 0 Å². The minimum Gasteiger partial charge on any atom is -0.493 e. The second-order valence-corrected chi connectivity index (χ2v) is 5.94. The first-order valence-electron chi connectivity index (χ1n) is 8.10. The number of hydrogen-bond donors (Lipinski definition) is 1. The molecule has 4 nitrogen and oxygen atoms in total. The molecule has 0 saturated carbocycles. The molecule has 116 valence electrons. The van der Waals surface area contributed by atoms with Gasteiger partial charge in [0, 0.05) is 37.8 Å². The zero-order chi connectivity index (χ0) is 14.5. The van der Waals surface area contributed by atoms with E-state index < -0.39 is 0 Å². The molecule has 3 rings (SSSR count). The van der Waals surface area contributed by atoms with Gasteiger partial charge in [0.05, 0.1) is 19.8 Å².